The second-order valence-corrected chi connectivity index (χ2v) is 9.56. The summed E-state index contributed by atoms with van der Waals surface area (Å²) in [5, 5.41) is 0.841. The Hall–Kier alpha value is -3.53. The van der Waals surface area contributed by atoms with Gasteiger partial charge >= 0.3 is 11.9 Å². The van der Waals surface area contributed by atoms with Crippen molar-refractivity contribution in [3.8, 4) is 22.9 Å². The second-order valence-electron chi connectivity index (χ2n) is 7.80. The third kappa shape index (κ3) is 8.48. The molecule has 4 aromatic rings. The summed E-state index contributed by atoms with van der Waals surface area (Å²) in [5.41, 5.74) is 0.856. The van der Waals surface area contributed by atoms with Crippen molar-refractivity contribution in [1.29, 1.82) is 0 Å². The van der Waals surface area contributed by atoms with E-state index in [-0.39, 0.29) is 24.3 Å². The largest absolute Gasteiger partial charge is 0.462 e. The Morgan fingerprint density at radius 2 is 1.45 bits per heavy atom. The third-order valence-electron chi connectivity index (χ3n) is 5.01. The summed E-state index contributed by atoms with van der Waals surface area (Å²) in [6.45, 7) is 3.73. The maximum atomic E-state index is 13.9. The van der Waals surface area contributed by atoms with Crippen LogP contribution in [0.5, 0.6) is 11.6 Å². The summed E-state index contributed by atoms with van der Waals surface area (Å²) in [7, 11) is 0. The lowest BCUT2D eigenvalue weighted by molar-refractivity contribution is 0.0511. The van der Waals surface area contributed by atoms with E-state index in [4.69, 9.17) is 32.7 Å². The molecule has 0 radical (unpaired) electrons. The first kappa shape index (κ1) is 31.0. The second kappa shape index (κ2) is 14.7. The average molecular weight is 653 g/mol. The van der Waals surface area contributed by atoms with Crippen LogP contribution in [-0.4, -0.2) is 30.1 Å². The molecule has 40 heavy (non-hydrogen) atoms. The lowest BCUT2D eigenvalue weighted by Gasteiger charge is -2.09. The lowest BCUT2D eigenvalue weighted by Crippen LogP contribution is -2.07. The molecule has 11 heteroatoms. The van der Waals surface area contributed by atoms with Crippen molar-refractivity contribution in [1.82, 2.24) is 4.98 Å². The molecule has 208 valence electrons. The molecule has 0 amide bonds. The number of carbonyl (C=O) groups is 2. The van der Waals surface area contributed by atoms with Crippen molar-refractivity contribution in [2.45, 2.75) is 13.8 Å². The summed E-state index contributed by atoms with van der Waals surface area (Å²) < 4.78 is 42.8. The van der Waals surface area contributed by atoms with Gasteiger partial charge in [-0.1, -0.05) is 45.2 Å². The molecule has 0 N–H and O–H groups in total. The van der Waals surface area contributed by atoms with Gasteiger partial charge < -0.3 is 14.2 Å². The summed E-state index contributed by atoms with van der Waals surface area (Å²) in [6.07, 6.45) is 0. The summed E-state index contributed by atoms with van der Waals surface area (Å²) in [4.78, 5) is 27.4. The molecule has 1 heterocycles. The van der Waals surface area contributed by atoms with Gasteiger partial charge in [-0.25, -0.2) is 23.4 Å². The van der Waals surface area contributed by atoms with Gasteiger partial charge in [0.05, 0.1) is 35.1 Å². The fourth-order valence-corrected chi connectivity index (χ4v) is 4.02. The van der Waals surface area contributed by atoms with Gasteiger partial charge in [0.15, 0.2) is 0 Å². The summed E-state index contributed by atoms with van der Waals surface area (Å²) >= 11 is 15.1. The van der Waals surface area contributed by atoms with Crippen LogP contribution < -0.4 is 4.74 Å². The molecule has 1 aromatic heterocycles. The molecule has 0 saturated carbocycles. The predicted molar refractivity (Wildman–Crippen MR) is 152 cm³/mol. The van der Waals surface area contributed by atoms with Crippen LogP contribution >= 0.6 is 39.1 Å². The van der Waals surface area contributed by atoms with Crippen LogP contribution in [0.2, 0.25) is 10.0 Å². The summed E-state index contributed by atoms with van der Waals surface area (Å²) in [6, 6.07) is 18.2. The highest BCUT2D eigenvalue weighted by Gasteiger charge is 2.15. The van der Waals surface area contributed by atoms with Gasteiger partial charge in [-0.3, -0.25) is 0 Å². The monoisotopic (exact) mass is 651 g/mol. The molecule has 3 aromatic carbocycles. The zero-order chi connectivity index (χ0) is 29.2. The fraction of sp³-hybridized carbons (Fsp3) is 0.138. The molecule has 0 saturated heterocycles. The highest BCUT2D eigenvalue weighted by atomic mass is 79.9. The summed E-state index contributed by atoms with van der Waals surface area (Å²) in [5.74, 6) is -1.89. The first-order valence-corrected chi connectivity index (χ1v) is 13.4. The van der Waals surface area contributed by atoms with E-state index in [9.17, 15) is 18.4 Å². The number of nitrogens with zero attached hydrogens (tertiary/aromatic N) is 1. The Kier molecular flexibility index (Phi) is 11.4. The maximum absolute atomic E-state index is 13.9. The van der Waals surface area contributed by atoms with E-state index in [0.29, 0.717) is 37.4 Å². The van der Waals surface area contributed by atoms with Crippen LogP contribution in [0.4, 0.5) is 8.78 Å². The molecule has 0 aliphatic carbocycles. The number of rotatable bonds is 7. The third-order valence-corrected chi connectivity index (χ3v) is 6.04. The topological polar surface area (TPSA) is 74.7 Å². The number of benzene rings is 3. The van der Waals surface area contributed by atoms with Gasteiger partial charge in [0.25, 0.3) is 0 Å². The normalized spacial score (nSPS) is 10.3. The number of hydrogen-bond acceptors (Lipinski definition) is 6. The molecule has 0 unspecified atom stereocenters. The van der Waals surface area contributed by atoms with E-state index in [1.54, 1.807) is 50.2 Å². The van der Waals surface area contributed by atoms with Crippen LogP contribution in [0.1, 0.15) is 34.6 Å². The van der Waals surface area contributed by atoms with Crippen molar-refractivity contribution in [2.75, 3.05) is 13.2 Å². The van der Waals surface area contributed by atoms with Crippen LogP contribution in [0.15, 0.2) is 77.3 Å². The Balaban J connectivity index is 0.000000285. The van der Waals surface area contributed by atoms with Gasteiger partial charge in [0, 0.05) is 21.1 Å². The van der Waals surface area contributed by atoms with Gasteiger partial charge in [-0.15, -0.1) is 0 Å². The minimum Gasteiger partial charge on any atom is -0.462 e. The fourth-order valence-electron chi connectivity index (χ4n) is 3.22. The zero-order valence-electron chi connectivity index (χ0n) is 21.2. The van der Waals surface area contributed by atoms with E-state index in [2.05, 4.69) is 25.7 Å². The highest BCUT2D eigenvalue weighted by Crippen LogP contribution is 2.32. The van der Waals surface area contributed by atoms with E-state index in [1.807, 2.05) is 0 Å². The molecule has 0 aliphatic rings. The molecule has 0 fully saturated rings. The van der Waals surface area contributed by atoms with Gasteiger partial charge in [0.1, 0.15) is 17.4 Å². The first-order chi connectivity index (χ1) is 19.1. The number of pyridine rings is 1. The number of halogens is 5. The Bertz CT molecular complexity index is 1520. The Morgan fingerprint density at radius 1 is 0.825 bits per heavy atom. The van der Waals surface area contributed by atoms with Gasteiger partial charge in [-0.2, -0.15) is 0 Å². The van der Waals surface area contributed by atoms with Crippen molar-refractivity contribution >= 4 is 51.1 Å². The van der Waals surface area contributed by atoms with Crippen molar-refractivity contribution in [3.63, 3.8) is 0 Å². The van der Waals surface area contributed by atoms with Gasteiger partial charge in [-0.05, 0) is 74.5 Å². The number of aromatic nitrogens is 1. The highest BCUT2D eigenvalue weighted by molar-refractivity contribution is 9.10. The predicted octanol–water partition coefficient (Wildman–Crippen LogP) is 8.93. The van der Waals surface area contributed by atoms with Gasteiger partial charge in [0.2, 0.25) is 5.88 Å². The zero-order valence-corrected chi connectivity index (χ0v) is 24.3. The number of ether oxygens (including phenoxy) is 3. The van der Waals surface area contributed by atoms with Crippen LogP contribution in [-0.2, 0) is 9.47 Å². The molecular formula is C29H22BrCl2F2NO5. The van der Waals surface area contributed by atoms with Crippen LogP contribution in [0, 0.1) is 11.6 Å². The molecular weight excluding hydrogens is 631 g/mol. The standard InChI is InChI=1S/C20H14Cl2FNO3.C9H8BrFO2/c1-2-26-20(25)14-10-12(6-8-16(14)23)17-4-3-5-19(24-17)27-18-9-7-13(21)11-15(18)22;1-2-13-9(12)7-5-6(10)3-4-8(7)11/h3-11H,2H2,1H3;3-5H,2H2,1H3. The SMILES string of the molecule is CCOC(=O)c1cc(-c2cccc(Oc3ccc(Cl)cc3Cl)n2)ccc1F.CCOC(=O)c1cc(Br)ccc1F. The maximum Gasteiger partial charge on any atom is 0.341 e. The molecule has 0 aliphatic heterocycles. The van der Waals surface area contributed by atoms with E-state index < -0.39 is 23.6 Å². The van der Waals surface area contributed by atoms with E-state index >= 15 is 0 Å². The number of carbonyl (C=O) groups excluding carboxylic acids is 2. The number of esters is 2. The van der Waals surface area contributed by atoms with Crippen molar-refractivity contribution in [3.05, 3.63) is 110 Å². The van der Waals surface area contributed by atoms with Crippen molar-refractivity contribution in [2.24, 2.45) is 0 Å². The molecule has 0 atom stereocenters. The Morgan fingerprint density at radius 3 is 2.08 bits per heavy atom. The van der Waals surface area contributed by atoms with Crippen molar-refractivity contribution < 1.29 is 32.6 Å². The quantitative estimate of drug-likeness (QED) is 0.186. The lowest BCUT2D eigenvalue weighted by atomic mass is 10.1. The Labute approximate surface area is 247 Å². The van der Waals surface area contributed by atoms with E-state index in [0.717, 1.165) is 0 Å². The van der Waals surface area contributed by atoms with E-state index in [1.165, 1.54) is 36.4 Å². The minimum atomic E-state index is -0.725. The molecule has 0 bridgehead atoms. The minimum absolute atomic E-state index is 0.0452. The average Bonchev–Trinajstić information content (AvgIpc) is 2.92. The molecule has 6 nitrogen and oxygen atoms in total. The van der Waals surface area contributed by atoms with Crippen LogP contribution in [0.3, 0.4) is 0 Å². The first-order valence-electron chi connectivity index (χ1n) is 11.8. The number of hydrogen-bond donors (Lipinski definition) is 0. The smallest absolute Gasteiger partial charge is 0.341 e. The van der Waals surface area contributed by atoms with Crippen LogP contribution in [0.25, 0.3) is 11.3 Å². The molecule has 4 rings (SSSR count). The molecule has 0 spiro atoms.